The van der Waals surface area contributed by atoms with E-state index in [1.165, 1.54) is 17.5 Å². The lowest BCUT2D eigenvalue weighted by Crippen LogP contribution is -2.32. The molecule has 0 aliphatic heterocycles. The predicted molar refractivity (Wildman–Crippen MR) is 78.1 cm³/mol. The van der Waals surface area contributed by atoms with Crippen molar-refractivity contribution in [2.45, 2.75) is 52.9 Å². The van der Waals surface area contributed by atoms with Gasteiger partial charge >= 0.3 is 0 Å². The van der Waals surface area contributed by atoms with E-state index >= 15 is 0 Å². The molecule has 0 radical (unpaired) electrons. The van der Waals surface area contributed by atoms with Crippen LogP contribution >= 0.6 is 0 Å². The van der Waals surface area contributed by atoms with E-state index in [1.54, 1.807) is 16.7 Å². The summed E-state index contributed by atoms with van der Waals surface area (Å²) in [6.07, 6.45) is 3.93. The van der Waals surface area contributed by atoms with Crippen molar-refractivity contribution in [1.82, 2.24) is 0 Å². The van der Waals surface area contributed by atoms with E-state index in [2.05, 4.69) is 52.8 Å². The minimum atomic E-state index is 0.671. The van der Waals surface area contributed by atoms with Crippen LogP contribution in [-0.2, 0) is 0 Å². The maximum Gasteiger partial charge on any atom is 0.00574 e. The number of hydrogen-bond donors (Lipinski definition) is 0. The zero-order valence-electron chi connectivity index (χ0n) is 12.2. The Bertz CT molecular complexity index is 519. The summed E-state index contributed by atoms with van der Waals surface area (Å²) in [5, 5.41) is 0. The number of hydrogen-bond acceptors (Lipinski definition) is 0. The van der Waals surface area contributed by atoms with Crippen molar-refractivity contribution in [3.63, 3.8) is 0 Å². The fraction of sp³-hybridized carbons (Fsp3) is 0.556. The molecule has 3 unspecified atom stereocenters. The highest BCUT2D eigenvalue weighted by molar-refractivity contribution is 5.54. The van der Waals surface area contributed by atoms with Gasteiger partial charge in [-0.3, -0.25) is 0 Å². The van der Waals surface area contributed by atoms with Crippen molar-refractivity contribution in [3.05, 3.63) is 46.0 Å². The molecule has 2 bridgehead atoms. The van der Waals surface area contributed by atoms with E-state index in [0.29, 0.717) is 11.8 Å². The Morgan fingerprint density at radius 3 is 2.22 bits per heavy atom. The first-order chi connectivity index (χ1) is 8.50. The SMILES string of the molecule is CC1=CC2c3c(C)ccc(C)c3C1CC2C(C)C. The third-order valence-corrected chi connectivity index (χ3v) is 5.22. The molecule has 3 atom stereocenters. The Morgan fingerprint density at radius 1 is 1.00 bits per heavy atom. The van der Waals surface area contributed by atoms with Gasteiger partial charge in [-0.25, -0.2) is 0 Å². The summed E-state index contributed by atoms with van der Waals surface area (Å²) < 4.78 is 0. The Balaban J connectivity index is 2.22. The van der Waals surface area contributed by atoms with Crippen LogP contribution in [-0.4, -0.2) is 0 Å². The van der Waals surface area contributed by atoms with Crippen molar-refractivity contribution < 1.29 is 0 Å². The molecule has 0 saturated carbocycles. The van der Waals surface area contributed by atoms with E-state index in [9.17, 15) is 0 Å². The molecule has 0 amide bonds. The van der Waals surface area contributed by atoms with Gasteiger partial charge < -0.3 is 0 Å². The van der Waals surface area contributed by atoms with Gasteiger partial charge in [0.15, 0.2) is 0 Å². The van der Waals surface area contributed by atoms with Gasteiger partial charge in [-0.15, -0.1) is 0 Å². The molecule has 0 spiro atoms. The van der Waals surface area contributed by atoms with E-state index < -0.39 is 0 Å². The standard InChI is InChI=1S/C18H24/c1-10(2)14-9-15-13(5)8-16(14)18-12(4)7-6-11(3)17(15)18/h6-8,10,14-16H,9H2,1-5H3. The molecular weight excluding hydrogens is 216 g/mol. The Hall–Kier alpha value is -1.04. The average Bonchev–Trinajstić information content (AvgIpc) is 2.33. The molecule has 3 aliphatic carbocycles. The molecule has 0 saturated heterocycles. The van der Waals surface area contributed by atoms with Crippen molar-refractivity contribution in [3.8, 4) is 0 Å². The third-order valence-electron chi connectivity index (χ3n) is 5.22. The molecular formula is C18H24. The quantitative estimate of drug-likeness (QED) is 0.599. The highest BCUT2D eigenvalue weighted by Crippen LogP contribution is 2.55. The summed E-state index contributed by atoms with van der Waals surface area (Å²) in [7, 11) is 0. The molecule has 0 aromatic heterocycles. The predicted octanol–water partition coefficient (Wildman–Crippen LogP) is 5.11. The van der Waals surface area contributed by atoms with Gasteiger partial charge in [0.2, 0.25) is 0 Å². The number of aryl methyl sites for hydroxylation is 2. The van der Waals surface area contributed by atoms with Gasteiger partial charge in [-0.2, -0.15) is 0 Å². The van der Waals surface area contributed by atoms with Gasteiger partial charge in [0.05, 0.1) is 0 Å². The van der Waals surface area contributed by atoms with Crippen LogP contribution in [0.25, 0.3) is 0 Å². The summed E-state index contributed by atoms with van der Waals surface area (Å²) in [5.74, 6) is 2.99. The lowest BCUT2D eigenvalue weighted by atomic mass is 9.59. The minimum Gasteiger partial charge on any atom is -0.0772 e. The molecule has 18 heavy (non-hydrogen) atoms. The molecule has 1 aromatic carbocycles. The van der Waals surface area contributed by atoms with Crippen LogP contribution in [0.1, 0.15) is 61.3 Å². The largest absolute Gasteiger partial charge is 0.0772 e. The Morgan fingerprint density at radius 2 is 1.61 bits per heavy atom. The van der Waals surface area contributed by atoms with E-state index in [0.717, 1.165) is 11.8 Å². The highest BCUT2D eigenvalue weighted by atomic mass is 14.4. The highest BCUT2D eigenvalue weighted by Gasteiger charge is 2.41. The fourth-order valence-corrected chi connectivity index (χ4v) is 4.22. The normalized spacial score (nSPS) is 29.4. The van der Waals surface area contributed by atoms with Crippen LogP contribution < -0.4 is 0 Å². The van der Waals surface area contributed by atoms with E-state index in [4.69, 9.17) is 0 Å². The lowest BCUT2D eigenvalue weighted by Gasteiger charge is -2.46. The van der Waals surface area contributed by atoms with Crippen LogP contribution in [0.15, 0.2) is 23.8 Å². The van der Waals surface area contributed by atoms with Crippen molar-refractivity contribution in [1.29, 1.82) is 0 Å². The van der Waals surface area contributed by atoms with Crippen molar-refractivity contribution in [2.75, 3.05) is 0 Å². The zero-order chi connectivity index (χ0) is 13.0. The number of rotatable bonds is 1. The fourth-order valence-electron chi connectivity index (χ4n) is 4.22. The number of benzene rings is 1. The molecule has 96 valence electrons. The first kappa shape index (κ1) is 12.0. The van der Waals surface area contributed by atoms with Gasteiger partial charge in [-0.05, 0) is 61.3 Å². The summed E-state index contributed by atoms with van der Waals surface area (Å²) in [4.78, 5) is 0. The maximum atomic E-state index is 2.56. The molecule has 4 rings (SSSR count). The second-order valence-electron chi connectivity index (χ2n) is 6.66. The van der Waals surface area contributed by atoms with E-state index in [1.807, 2.05) is 0 Å². The summed E-state index contributed by atoms with van der Waals surface area (Å²) in [5.41, 5.74) is 7.94. The molecule has 1 aromatic rings. The summed E-state index contributed by atoms with van der Waals surface area (Å²) in [6, 6.07) is 4.63. The zero-order valence-corrected chi connectivity index (χ0v) is 12.2. The monoisotopic (exact) mass is 240 g/mol. The second kappa shape index (κ2) is 3.98. The molecule has 0 fully saturated rings. The first-order valence-corrected chi connectivity index (χ1v) is 7.29. The van der Waals surface area contributed by atoms with Crippen LogP contribution in [0.3, 0.4) is 0 Å². The molecule has 0 heteroatoms. The van der Waals surface area contributed by atoms with Gasteiger partial charge in [0.1, 0.15) is 0 Å². The summed E-state index contributed by atoms with van der Waals surface area (Å²) in [6.45, 7) is 11.7. The molecule has 0 nitrogen and oxygen atoms in total. The van der Waals surface area contributed by atoms with Crippen molar-refractivity contribution in [2.24, 2.45) is 11.8 Å². The second-order valence-corrected chi connectivity index (χ2v) is 6.66. The van der Waals surface area contributed by atoms with Gasteiger partial charge in [0, 0.05) is 11.8 Å². The topological polar surface area (TPSA) is 0 Å². The maximum absolute atomic E-state index is 2.56. The smallest absolute Gasteiger partial charge is 0.00574 e. The van der Waals surface area contributed by atoms with Crippen LogP contribution in [0.4, 0.5) is 0 Å². The Kier molecular flexibility index (Phi) is 2.66. The molecule has 0 heterocycles. The Labute approximate surface area is 111 Å². The van der Waals surface area contributed by atoms with Crippen molar-refractivity contribution >= 4 is 0 Å². The van der Waals surface area contributed by atoms with Gasteiger partial charge in [0.25, 0.3) is 0 Å². The lowest BCUT2D eigenvalue weighted by molar-refractivity contribution is 0.278. The van der Waals surface area contributed by atoms with Gasteiger partial charge in [-0.1, -0.05) is 37.6 Å². The van der Waals surface area contributed by atoms with Crippen LogP contribution in [0.2, 0.25) is 0 Å². The molecule has 0 N–H and O–H groups in total. The van der Waals surface area contributed by atoms with Crippen LogP contribution in [0, 0.1) is 25.7 Å². The third kappa shape index (κ3) is 1.51. The first-order valence-electron chi connectivity index (χ1n) is 7.29. The average molecular weight is 240 g/mol. The number of allylic oxidation sites excluding steroid dienone is 2. The molecule has 3 aliphatic rings. The van der Waals surface area contributed by atoms with Crippen LogP contribution in [0.5, 0.6) is 0 Å². The minimum absolute atomic E-state index is 0.671. The van der Waals surface area contributed by atoms with E-state index in [-0.39, 0.29) is 0 Å². The summed E-state index contributed by atoms with van der Waals surface area (Å²) >= 11 is 0. The number of fused-ring (bicyclic) bond motifs is 1.